The van der Waals surface area contributed by atoms with Crippen LogP contribution in [-0.4, -0.2) is 77.6 Å². The molecule has 0 aromatic heterocycles. The van der Waals surface area contributed by atoms with E-state index in [0.717, 1.165) is 6.07 Å². The molecule has 3 aliphatic rings. The lowest BCUT2D eigenvalue weighted by atomic mass is 9.76. The summed E-state index contributed by atoms with van der Waals surface area (Å²) in [6.07, 6.45) is -0.146. The number of carbonyl (C=O) groups excluding carboxylic acids is 3. The SMILES string of the molecule is C/C1=C\C=C\[C@H](C)[C@H](O)[C@@H](C)[C@@H](O)[C@H](C)[C@H](O)[C@@H](C)[C@@H](O)C(C)/C=C(\C)C(=O)C2=c3c(O)cc(c(O)c3C(O)C(C)C2=O)=NC1=O. The van der Waals surface area contributed by atoms with Crippen LogP contribution < -0.4 is 10.6 Å². The number of carbonyl (C=O) groups is 3. The van der Waals surface area contributed by atoms with Crippen molar-refractivity contribution in [2.24, 2.45) is 40.5 Å². The minimum Gasteiger partial charge on any atom is -0.507 e. The van der Waals surface area contributed by atoms with Crippen LogP contribution in [0.3, 0.4) is 0 Å². The number of phenolic OH excluding ortho intramolecular Hbond substituents is 2. The molecule has 252 valence electrons. The molecule has 11 heteroatoms. The van der Waals surface area contributed by atoms with Crippen LogP contribution in [0.1, 0.15) is 67.1 Å². The van der Waals surface area contributed by atoms with Gasteiger partial charge in [0.2, 0.25) is 0 Å². The second-order valence-electron chi connectivity index (χ2n) is 13.1. The van der Waals surface area contributed by atoms with E-state index in [4.69, 9.17) is 0 Å². The first-order valence-corrected chi connectivity index (χ1v) is 15.6. The number of allylic oxidation sites excluding steroid dienone is 3. The summed E-state index contributed by atoms with van der Waals surface area (Å²) in [5.74, 6) is -8.29. The number of aromatic hydroxyl groups is 2. The van der Waals surface area contributed by atoms with Crippen LogP contribution in [-0.2, 0) is 14.4 Å². The maximum absolute atomic E-state index is 13.8. The number of nitrogens with zero attached hydrogens (tertiary/aromatic N) is 1. The Morgan fingerprint density at radius 2 is 1.24 bits per heavy atom. The van der Waals surface area contributed by atoms with Gasteiger partial charge in [-0.1, -0.05) is 65.8 Å². The number of hydrogen-bond acceptors (Lipinski definition) is 10. The lowest BCUT2D eigenvalue weighted by Gasteiger charge is -2.36. The zero-order valence-electron chi connectivity index (χ0n) is 27.5. The van der Waals surface area contributed by atoms with Crippen molar-refractivity contribution < 1.29 is 50.1 Å². The van der Waals surface area contributed by atoms with Crippen molar-refractivity contribution in [1.82, 2.24) is 0 Å². The van der Waals surface area contributed by atoms with Crippen LogP contribution in [0.25, 0.3) is 5.57 Å². The molecule has 0 spiro atoms. The topological polar surface area (TPSA) is 205 Å². The van der Waals surface area contributed by atoms with Gasteiger partial charge in [0, 0.05) is 52.0 Å². The van der Waals surface area contributed by atoms with E-state index in [2.05, 4.69) is 4.99 Å². The third kappa shape index (κ3) is 7.08. The van der Waals surface area contributed by atoms with E-state index >= 15 is 0 Å². The van der Waals surface area contributed by atoms with Gasteiger partial charge >= 0.3 is 0 Å². The van der Waals surface area contributed by atoms with Crippen LogP contribution in [0.15, 0.2) is 46.5 Å². The zero-order chi connectivity index (χ0) is 34.9. The molecule has 1 aromatic carbocycles. The highest BCUT2D eigenvalue weighted by molar-refractivity contribution is 6.46. The average Bonchev–Trinajstić information content (AvgIpc) is 3.02. The molecule has 7 N–H and O–H groups in total. The number of aliphatic hydroxyl groups excluding tert-OH is 5. The lowest BCUT2D eigenvalue weighted by Crippen LogP contribution is -2.45. The van der Waals surface area contributed by atoms with Crippen molar-refractivity contribution in [3.63, 3.8) is 0 Å². The summed E-state index contributed by atoms with van der Waals surface area (Å²) in [5, 5.41) is 76.7. The molecule has 0 radical (unpaired) electrons. The van der Waals surface area contributed by atoms with Gasteiger partial charge in [-0.25, -0.2) is 4.99 Å². The van der Waals surface area contributed by atoms with Crippen LogP contribution >= 0.6 is 0 Å². The number of benzene rings is 1. The number of fused-ring (bicyclic) bond motifs is 15. The second-order valence-corrected chi connectivity index (χ2v) is 13.1. The number of aliphatic hydroxyl groups is 5. The van der Waals surface area contributed by atoms with Gasteiger partial charge in [-0.2, -0.15) is 0 Å². The Kier molecular flexibility index (Phi) is 11.7. The predicted molar refractivity (Wildman–Crippen MR) is 170 cm³/mol. The molecule has 2 heterocycles. The Morgan fingerprint density at radius 1 is 0.717 bits per heavy atom. The normalized spacial score (nSPS) is 38.4. The molecule has 2 aliphatic heterocycles. The average molecular weight is 642 g/mol. The molecule has 1 aromatic rings. The molecule has 4 rings (SSSR count). The molecule has 3 unspecified atom stereocenters. The zero-order valence-corrected chi connectivity index (χ0v) is 27.5. The molecular formula is C35H47NO10. The lowest BCUT2D eigenvalue weighted by molar-refractivity contribution is -0.122. The van der Waals surface area contributed by atoms with Gasteiger partial charge in [-0.3, -0.25) is 14.4 Å². The minimum atomic E-state index is -1.62. The fraction of sp³-hybridized carbons (Fsp3) is 0.543. The molecule has 1 amide bonds. The quantitative estimate of drug-likeness (QED) is 0.202. The number of ketones is 2. The molecular weight excluding hydrogens is 594 g/mol. The molecule has 0 saturated heterocycles. The third-order valence-corrected chi connectivity index (χ3v) is 9.70. The summed E-state index contributed by atoms with van der Waals surface area (Å²) in [5.41, 5.74) is -0.629. The van der Waals surface area contributed by atoms with Gasteiger partial charge in [-0.05, 0) is 19.4 Å². The predicted octanol–water partition coefficient (Wildman–Crippen LogP) is 1.30. The fourth-order valence-electron chi connectivity index (χ4n) is 6.31. The molecule has 0 fully saturated rings. The number of rotatable bonds is 0. The number of phenols is 2. The van der Waals surface area contributed by atoms with Crippen molar-refractivity contribution in [2.45, 2.75) is 85.9 Å². The molecule has 0 saturated carbocycles. The molecule has 11 atom stereocenters. The van der Waals surface area contributed by atoms with Gasteiger partial charge in [0.25, 0.3) is 5.91 Å². The van der Waals surface area contributed by atoms with Crippen molar-refractivity contribution in [2.75, 3.05) is 0 Å². The second kappa shape index (κ2) is 14.5. The summed E-state index contributed by atoms with van der Waals surface area (Å²) in [6, 6.07) is 0.939. The van der Waals surface area contributed by atoms with Crippen LogP contribution in [0, 0.1) is 35.5 Å². The monoisotopic (exact) mass is 641 g/mol. The van der Waals surface area contributed by atoms with Crippen LogP contribution in [0.4, 0.5) is 0 Å². The molecule has 46 heavy (non-hydrogen) atoms. The van der Waals surface area contributed by atoms with E-state index < -0.39 is 101 Å². The van der Waals surface area contributed by atoms with E-state index in [1.165, 1.54) is 39.0 Å². The number of hydrogen-bond donors (Lipinski definition) is 7. The Labute approximate surface area is 268 Å². The van der Waals surface area contributed by atoms with Crippen molar-refractivity contribution in [1.29, 1.82) is 0 Å². The van der Waals surface area contributed by atoms with Crippen molar-refractivity contribution >= 4 is 23.0 Å². The van der Waals surface area contributed by atoms with Gasteiger partial charge in [0.15, 0.2) is 11.6 Å². The number of Topliss-reactive ketones (excluding diaryl/α,β-unsaturated/α-hetero) is 2. The van der Waals surface area contributed by atoms with E-state index in [0.29, 0.717) is 0 Å². The van der Waals surface area contributed by atoms with Gasteiger partial charge < -0.3 is 35.7 Å². The smallest absolute Gasteiger partial charge is 0.273 e. The Hall–Kier alpha value is -3.48. The summed E-state index contributed by atoms with van der Waals surface area (Å²) in [4.78, 5) is 44.0. The Balaban J connectivity index is 2.30. The van der Waals surface area contributed by atoms with Crippen LogP contribution in [0.5, 0.6) is 11.5 Å². The first kappa shape index (κ1) is 37.0. The van der Waals surface area contributed by atoms with Gasteiger partial charge in [0.05, 0.1) is 42.0 Å². The largest absolute Gasteiger partial charge is 0.507 e. The van der Waals surface area contributed by atoms with Gasteiger partial charge in [0.1, 0.15) is 16.9 Å². The highest BCUT2D eigenvalue weighted by atomic mass is 16.3. The standard InChI is InChI=1S/C35H47NO10/c1-14-10-9-11-15(2)35(46)36-22-13-23(37)24-25(32(43)21(8)33(44)26(24)34(22)45)29(40)17(4)12-16(3)28(39)19(6)31(42)20(7)30(41)18(5)27(14)38/h9-14,16,18-21,27-28,30-31,33,37-39,41-42,44-45H,1-8H3/b10-9+,15-11+,17-12+,36-22?/t14-,16?,18+,19-,20-,21?,27-,28-,30+,31+,33?/m0/s1. The Bertz CT molecular complexity index is 1590. The van der Waals surface area contributed by atoms with Gasteiger partial charge in [-0.15, -0.1) is 0 Å². The fourth-order valence-corrected chi connectivity index (χ4v) is 6.31. The summed E-state index contributed by atoms with van der Waals surface area (Å²) < 4.78 is 0. The first-order valence-electron chi connectivity index (χ1n) is 15.6. The highest BCUT2D eigenvalue weighted by Gasteiger charge is 2.40. The van der Waals surface area contributed by atoms with E-state index in [-0.39, 0.29) is 27.3 Å². The van der Waals surface area contributed by atoms with E-state index in [1.54, 1.807) is 40.7 Å². The summed E-state index contributed by atoms with van der Waals surface area (Å²) >= 11 is 0. The Morgan fingerprint density at radius 3 is 1.80 bits per heavy atom. The highest BCUT2D eigenvalue weighted by Crippen LogP contribution is 2.35. The minimum absolute atomic E-state index is 0.0273. The van der Waals surface area contributed by atoms with E-state index in [1.807, 2.05) is 0 Å². The third-order valence-electron chi connectivity index (χ3n) is 9.70. The molecule has 1 aliphatic carbocycles. The summed E-state index contributed by atoms with van der Waals surface area (Å²) in [6.45, 7) is 12.5. The number of amides is 1. The molecule has 4 bridgehead atoms. The first-order chi connectivity index (χ1) is 21.3. The maximum atomic E-state index is 13.8. The van der Waals surface area contributed by atoms with E-state index in [9.17, 15) is 50.1 Å². The maximum Gasteiger partial charge on any atom is 0.273 e. The molecule has 11 nitrogen and oxygen atoms in total. The summed E-state index contributed by atoms with van der Waals surface area (Å²) in [7, 11) is 0. The van der Waals surface area contributed by atoms with Crippen LogP contribution in [0.2, 0.25) is 0 Å². The van der Waals surface area contributed by atoms with Crippen molar-refractivity contribution in [3.05, 3.63) is 57.7 Å². The van der Waals surface area contributed by atoms with Crippen molar-refractivity contribution in [3.8, 4) is 11.5 Å².